The summed E-state index contributed by atoms with van der Waals surface area (Å²) in [6.45, 7) is 1.06. The molecule has 126 valence electrons. The number of rotatable bonds is 5. The minimum Gasteiger partial charge on any atom is -0.450 e. The second-order valence-corrected chi connectivity index (χ2v) is 8.24. The number of nitrogens with two attached hydrogens (primary N) is 1. The van der Waals surface area contributed by atoms with Gasteiger partial charge in [-0.2, -0.15) is 8.42 Å². The van der Waals surface area contributed by atoms with Gasteiger partial charge in [0.2, 0.25) is 5.91 Å². The third-order valence-electron chi connectivity index (χ3n) is 3.68. The molecule has 2 saturated heterocycles. The highest BCUT2D eigenvalue weighted by Gasteiger charge is 2.67. The lowest BCUT2D eigenvalue weighted by Gasteiger charge is -2.45. The molecule has 1 amide bonds. The Morgan fingerprint density at radius 1 is 1.59 bits per heavy atom. The highest BCUT2D eigenvalue weighted by atomic mass is 32.2. The predicted molar refractivity (Wildman–Crippen MR) is 74.5 cm³/mol. The molecular weight excluding hydrogens is 340 g/mol. The van der Waals surface area contributed by atoms with Crippen LogP contribution in [0.1, 0.15) is 6.92 Å². The first-order chi connectivity index (χ1) is 10.0. The van der Waals surface area contributed by atoms with Crippen LogP contribution in [-0.4, -0.2) is 74.9 Å². The van der Waals surface area contributed by atoms with E-state index in [2.05, 4.69) is 4.74 Å². The number of ether oxygens (including phenoxy) is 1. The Morgan fingerprint density at radius 2 is 2.18 bits per heavy atom. The van der Waals surface area contributed by atoms with E-state index in [-0.39, 0.29) is 6.54 Å². The van der Waals surface area contributed by atoms with Crippen molar-refractivity contribution in [2.24, 2.45) is 11.7 Å². The Hall–Kier alpha value is -1.08. The molecule has 0 radical (unpaired) electrons. The molecule has 2 fully saturated rings. The molecule has 2 heterocycles. The highest BCUT2D eigenvalue weighted by molar-refractivity contribution is 8.02. The van der Waals surface area contributed by atoms with Crippen molar-refractivity contribution in [3.63, 3.8) is 0 Å². The van der Waals surface area contributed by atoms with E-state index in [4.69, 9.17) is 15.4 Å². The van der Waals surface area contributed by atoms with Gasteiger partial charge in [-0.3, -0.25) is 14.2 Å². The first-order valence-corrected chi connectivity index (χ1v) is 8.74. The quantitative estimate of drug-likeness (QED) is 0.258. The molecule has 0 aliphatic carbocycles. The van der Waals surface area contributed by atoms with Crippen molar-refractivity contribution in [2.75, 3.05) is 12.3 Å². The number of thioether (sulfide) groups is 1. The van der Waals surface area contributed by atoms with Crippen molar-refractivity contribution in [1.29, 1.82) is 0 Å². The summed E-state index contributed by atoms with van der Waals surface area (Å²) in [5.74, 6) is -2.23. The fourth-order valence-corrected chi connectivity index (χ4v) is 6.04. The van der Waals surface area contributed by atoms with Crippen LogP contribution in [-0.2, 0) is 19.6 Å². The van der Waals surface area contributed by atoms with Gasteiger partial charge in [-0.25, -0.2) is 4.79 Å². The molecule has 0 aromatic carbocycles. The van der Waals surface area contributed by atoms with E-state index >= 15 is 0 Å². The number of nitrogens with zero attached hydrogens (tertiary/aromatic N) is 1. The van der Waals surface area contributed by atoms with E-state index in [1.54, 1.807) is 0 Å². The van der Waals surface area contributed by atoms with Gasteiger partial charge in [-0.1, -0.05) is 0 Å². The van der Waals surface area contributed by atoms with Crippen molar-refractivity contribution < 1.29 is 37.5 Å². The third kappa shape index (κ3) is 2.76. The van der Waals surface area contributed by atoms with Gasteiger partial charge < -0.3 is 20.7 Å². The molecule has 12 heteroatoms. The SMILES string of the molecule is C[C@@H](O)[C@H]1C(=O)N2C(OC(=O)O)C(CN)(CS(=O)(=O)O)S[C@H]12. The Balaban J connectivity index is 2.39. The van der Waals surface area contributed by atoms with Gasteiger partial charge in [-0.15, -0.1) is 11.8 Å². The molecule has 2 aliphatic heterocycles. The van der Waals surface area contributed by atoms with Gasteiger partial charge >= 0.3 is 6.16 Å². The largest absolute Gasteiger partial charge is 0.507 e. The first kappa shape index (κ1) is 17.3. The van der Waals surface area contributed by atoms with E-state index in [0.717, 1.165) is 16.7 Å². The van der Waals surface area contributed by atoms with Crippen molar-refractivity contribution in [3.05, 3.63) is 0 Å². The number of β-lactam (4-membered cyclic amide) rings is 1. The van der Waals surface area contributed by atoms with E-state index in [1.807, 2.05) is 0 Å². The molecule has 10 nitrogen and oxygen atoms in total. The number of carbonyl (C=O) groups excluding carboxylic acids is 1. The maximum Gasteiger partial charge on any atom is 0.507 e. The minimum absolute atomic E-state index is 0.345. The molecule has 5 atom stereocenters. The van der Waals surface area contributed by atoms with Gasteiger partial charge in [-0.05, 0) is 6.92 Å². The number of carbonyl (C=O) groups is 2. The van der Waals surface area contributed by atoms with Crippen LogP contribution in [0, 0.1) is 5.92 Å². The second-order valence-electron chi connectivity index (χ2n) is 5.25. The molecule has 5 N–H and O–H groups in total. The van der Waals surface area contributed by atoms with Crippen LogP contribution < -0.4 is 5.73 Å². The third-order valence-corrected chi connectivity index (χ3v) is 6.49. The second kappa shape index (κ2) is 5.53. The van der Waals surface area contributed by atoms with Gasteiger partial charge in [0.1, 0.15) is 4.75 Å². The van der Waals surface area contributed by atoms with Crippen LogP contribution in [0.3, 0.4) is 0 Å². The molecule has 0 bridgehead atoms. The van der Waals surface area contributed by atoms with Crippen molar-refractivity contribution in [2.45, 2.75) is 29.4 Å². The summed E-state index contributed by atoms with van der Waals surface area (Å²) in [5.41, 5.74) is 5.59. The van der Waals surface area contributed by atoms with E-state index in [1.165, 1.54) is 6.92 Å². The van der Waals surface area contributed by atoms with Crippen molar-refractivity contribution in [1.82, 2.24) is 4.90 Å². The number of aliphatic hydroxyl groups excluding tert-OH is 1. The van der Waals surface area contributed by atoms with E-state index in [9.17, 15) is 23.1 Å². The maximum atomic E-state index is 12.1. The Bertz CT molecular complexity index is 594. The van der Waals surface area contributed by atoms with Crippen LogP contribution in [0.25, 0.3) is 0 Å². The fourth-order valence-electron chi connectivity index (χ4n) is 2.77. The Labute approximate surface area is 130 Å². The van der Waals surface area contributed by atoms with E-state index in [0.29, 0.717) is 0 Å². The van der Waals surface area contributed by atoms with Gasteiger partial charge in [0.15, 0.2) is 6.23 Å². The molecule has 2 aliphatic rings. The normalized spacial score (nSPS) is 35.7. The summed E-state index contributed by atoms with van der Waals surface area (Å²) >= 11 is 0.918. The molecule has 22 heavy (non-hydrogen) atoms. The van der Waals surface area contributed by atoms with Crippen molar-refractivity contribution >= 4 is 33.9 Å². The zero-order chi connectivity index (χ0) is 16.9. The van der Waals surface area contributed by atoms with Crippen LogP contribution >= 0.6 is 11.8 Å². The number of carboxylic acid groups (broad SMARTS) is 1. The molecule has 0 aromatic heterocycles. The standard InChI is InChI=1S/C10H16N2O8S2/c1-4(13)5-6(14)12-7(5)21-10(2-11,3-22(17,18)19)8(12)20-9(15)16/h4-5,7-8,13H,2-3,11H2,1H3,(H,15,16)(H,17,18,19)/t4-,5+,7-,8?,10?/m1/s1. The zero-order valence-electron chi connectivity index (χ0n) is 11.4. The van der Waals surface area contributed by atoms with Gasteiger partial charge in [0.05, 0.1) is 23.1 Å². The van der Waals surface area contributed by atoms with Crippen LogP contribution in [0.5, 0.6) is 0 Å². The van der Waals surface area contributed by atoms with Gasteiger partial charge in [0, 0.05) is 6.54 Å². The highest BCUT2D eigenvalue weighted by Crippen LogP contribution is 2.54. The summed E-state index contributed by atoms with van der Waals surface area (Å²) < 4.78 is 34.7. The Morgan fingerprint density at radius 3 is 2.59 bits per heavy atom. The molecule has 0 aromatic rings. The predicted octanol–water partition coefficient (Wildman–Crippen LogP) is -1.50. The summed E-state index contributed by atoms with van der Waals surface area (Å²) in [5, 5.41) is 17.8. The molecule has 0 spiro atoms. The summed E-state index contributed by atoms with van der Waals surface area (Å²) in [7, 11) is -4.50. The zero-order valence-corrected chi connectivity index (χ0v) is 13.1. The van der Waals surface area contributed by atoms with Crippen LogP contribution in [0.4, 0.5) is 4.79 Å². The lowest BCUT2D eigenvalue weighted by molar-refractivity contribution is -0.173. The maximum absolute atomic E-state index is 12.1. The van der Waals surface area contributed by atoms with E-state index < -0.39 is 56.3 Å². The lowest BCUT2D eigenvalue weighted by Crippen LogP contribution is -2.65. The Kier molecular flexibility index (Phi) is 4.34. The molecule has 2 unspecified atom stereocenters. The molecule has 0 saturated carbocycles. The molecule has 2 rings (SSSR count). The van der Waals surface area contributed by atoms with Gasteiger partial charge in [0.25, 0.3) is 10.1 Å². The number of hydrogen-bond donors (Lipinski definition) is 4. The molecular formula is C10H16N2O8S2. The smallest absolute Gasteiger partial charge is 0.450 e. The monoisotopic (exact) mass is 356 g/mol. The minimum atomic E-state index is -4.50. The summed E-state index contributed by atoms with van der Waals surface area (Å²) in [6, 6.07) is 0. The average Bonchev–Trinajstić information content (AvgIpc) is 2.57. The van der Waals surface area contributed by atoms with Crippen LogP contribution in [0.2, 0.25) is 0 Å². The summed E-state index contributed by atoms with van der Waals surface area (Å²) in [6.07, 6.45) is -4.15. The topological polar surface area (TPSA) is 167 Å². The number of aliphatic hydroxyl groups is 1. The number of fused-ring (bicyclic) bond motifs is 1. The lowest BCUT2D eigenvalue weighted by atomic mass is 9.91. The van der Waals surface area contributed by atoms with Crippen LogP contribution in [0.15, 0.2) is 0 Å². The van der Waals surface area contributed by atoms with Crippen molar-refractivity contribution in [3.8, 4) is 0 Å². The number of amides is 1. The average molecular weight is 356 g/mol. The summed E-state index contributed by atoms with van der Waals surface area (Å²) in [4.78, 5) is 24.0. The fraction of sp³-hybridized carbons (Fsp3) is 0.800. The first-order valence-electron chi connectivity index (χ1n) is 6.25. The number of hydrogen-bond acceptors (Lipinski definition) is 8.